The van der Waals surface area contributed by atoms with E-state index >= 15 is 0 Å². The van der Waals surface area contributed by atoms with Crippen molar-refractivity contribution in [1.82, 2.24) is 5.32 Å². The monoisotopic (exact) mass is 224 g/mol. The van der Waals surface area contributed by atoms with Crippen molar-refractivity contribution in [2.45, 2.75) is 0 Å². The predicted octanol–water partition coefficient (Wildman–Crippen LogP) is 1.41. The number of thiol groups is 1. The van der Waals surface area contributed by atoms with Gasteiger partial charge in [-0.2, -0.15) is 12.6 Å². The van der Waals surface area contributed by atoms with E-state index in [0.717, 1.165) is 18.0 Å². The Kier molecular flexibility index (Phi) is 4.49. The summed E-state index contributed by atoms with van der Waals surface area (Å²) < 4.78 is 0. The molecule has 1 N–H and O–H groups in total. The molecular weight excluding hydrogens is 208 g/mol. The van der Waals surface area contributed by atoms with E-state index in [0.29, 0.717) is 5.56 Å². The van der Waals surface area contributed by atoms with Gasteiger partial charge >= 0.3 is 0 Å². The van der Waals surface area contributed by atoms with Gasteiger partial charge in [0.05, 0.1) is 0 Å². The highest BCUT2D eigenvalue weighted by molar-refractivity contribution is 7.80. The number of hydrogen-bond acceptors (Lipinski definition) is 3. The molecule has 4 heteroatoms. The summed E-state index contributed by atoms with van der Waals surface area (Å²) in [6.45, 7) is 0.891. The van der Waals surface area contributed by atoms with Crippen LogP contribution in [-0.2, 0) is 0 Å². The lowest BCUT2D eigenvalue weighted by Crippen LogP contribution is -2.20. The van der Waals surface area contributed by atoms with Gasteiger partial charge in [-0.25, -0.2) is 0 Å². The number of nitrogens with zero attached hydrogens (tertiary/aromatic N) is 1. The molecule has 0 fully saturated rings. The van der Waals surface area contributed by atoms with Crippen molar-refractivity contribution >= 4 is 24.2 Å². The van der Waals surface area contributed by atoms with Gasteiger partial charge in [-0.1, -0.05) is 0 Å². The third kappa shape index (κ3) is 3.16. The average molecular weight is 224 g/mol. The Bertz CT molecular complexity index is 324. The summed E-state index contributed by atoms with van der Waals surface area (Å²) in [4.78, 5) is 13.4. The van der Waals surface area contributed by atoms with Crippen molar-refractivity contribution in [3.05, 3.63) is 29.8 Å². The molecule has 0 saturated heterocycles. The number of carbonyl (C=O) groups excluding carboxylic acids is 1. The highest BCUT2D eigenvalue weighted by Gasteiger charge is 2.03. The van der Waals surface area contributed by atoms with Gasteiger partial charge in [0.2, 0.25) is 0 Å². The fourth-order valence-corrected chi connectivity index (χ4v) is 1.59. The molecule has 0 heterocycles. The number of rotatable bonds is 4. The molecule has 0 radical (unpaired) electrons. The van der Waals surface area contributed by atoms with Crippen LogP contribution in [0.4, 0.5) is 5.69 Å². The van der Waals surface area contributed by atoms with Gasteiger partial charge in [0.25, 0.3) is 5.91 Å². The van der Waals surface area contributed by atoms with Crippen molar-refractivity contribution in [3.8, 4) is 0 Å². The zero-order valence-corrected chi connectivity index (χ0v) is 9.92. The maximum absolute atomic E-state index is 11.3. The average Bonchev–Trinajstić information content (AvgIpc) is 2.28. The topological polar surface area (TPSA) is 32.3 Å². The van der Waals surface area contributed by atoms with Gasteiger partial charge in [-0.15, -0.1) is 0 Å². The molecular formula is C11H16N2OS. The lowest BCUT2D eigenvalue weighted by Gasteiger charge is -2.18. The summed E-state index contributed by atoms with van der Waals surface area (Å²) >= 11 is 4.17. The van der Waals surface area contributed by atoms with Crippen molar-refractivity contribution in [1.29, 1.82) is 0 Å². The second-order valence-corrected chi connectivity index (χ2v) is 3.72. The molecule has 0 unspecified atom stereocenters. The van der Waals surface area contributed by atoms with Crippen LogP contribution in [0.15, 0.2) is 24.3 Å². The molecule has 0 aliphatic carbocycles. The number of hydrogen-bond donors (Lipinski definition) is 2. The van der Waals surface area contributed by atoms with Crippen LogP contribution >= 0.6 is 12.6 Å². The number of nitrogens with one attached hydrogen (secondary N) is 1. The summed E-state index contributed by atoms with van der Waals surface area (Å²) in [5.74, 6) is 0.756. The SMILES string of the molecule is CNC(=O)c1ccc(N(C)CCS)cc1. The smallest absolute Gasteiger partial charge is 0.251 e. The van der Waals surface area contributed by atoms with Gasteiger partial charge < -0.3 is 10.2 Å². The second kappa shape index (κ2) is 5.66. The van der Waals surface area contributed by atoms with Crippen LogP contribution in [0.25, 0.3) is 0 Å². The van der Waals surface area contributed by atoms with Crippen molar-refractivity contribution in [3.63, 3.8) is 0 Å². The van der Waals surface area contributed by atoms with Gasteiger partial charge in [-0.3, -0.25) is 4.79 Å². The number of anilines is 1. The first-order chi connectivity index (χ1) is 7.19. The molecule has 1 aromatic carbocycles. The lowest BCUT2D eigenvalue weighted by atomic mass is 10.2. The van der Waals surface area contributed by atoms with E-state index in [1.807, 2.05) is 31.3 Å². The fourth-order valence-electron chi connectivity index (χ4n) is 1.29. The lowest BCUT2D eigenvalue weighted by molar-refractivity contribution is 0.0963. The van der Waals surface area contributed by atoms with E-state index in [-0.39, 0.29) is 5.91 Å². The third-order valence-corrected chi connectivity index (χ3v) is 2.43. The Morgan fingerprint density at radius 1 is 1.40 bits per heavy atom. The predicted molar refractivity (Wildman–Crippen MR) is 67.0 cm³/mol. The minimum atomic E-state index is -0.0570. The summed E-state index contributed by atoms with van der Waals surface area (Å²) in [5, 5.41) is 2.59. The van der Waals surface area contributed by atoms with Gasteiger partial charge in [0.15, 0.2) is 0 Å². The van der Waals surface area contributed by atoms with Crippen LogP contribution in [0.1, 0.15) is 10.4 Å². The molecule has 1 aromatic rings. The van der Waals surface area contributed by atoms with Crippen molar-refractivity contribution in [2.75, 3.05) is 31.3 Å². The van der Waals surface area contributed by atoms with E-state index in [2.05, 4.69) is 22.8 Å². The molecule has 0 saturated carbocycles. The number of carbonyl (C=O) groups is 1. The third-order valence-electron chi connectivity index (χ3n) is 2.23. The van der Waals surface area contributed by atoms with E-state index < -0.39 is 0 Å². The van der Waals surface area contributed by atoms with Crippen LogP contribution in [0.2, 0.25) is 0 Å². The Morgan fingerprint density at radius 3 is 2.47 bits per heavy atom. The molecule has 0 bridgehead atoms. The maximum Gasteiger partial charge on any atom is 0.251 e. The van der Waals surface area contributed by atoms with Crippen molar-refractivity contribution in [2.24, 2.45) is 0 Å². The standard InChI is InChI=1S/C11H16N2OS/c1-12-11(14)9-3-5-10(6-4-9)13(2)7-8-15/h3-6,15H,7-8H2,1-2H3,(H,12,14). The summed E-state index contributed by atoms with van der Waals surface area (Å²) in [6.07, 6.45) is 0. The summed E-state index contributed by atoms with van der Waals surface area (Å²) in [6, 6.07) is 7.52. The quantitative estimate of drug-likeness (QED) is 0.758. The van der Waals surface area contributed by atoms with Crippen LogP contribution in [-0.4, -0.2) is 32.3 Å². The maximum atomic E-state index is 11.3. The fraction of sp³-hybridized carbons (Fsp3) is 0.364. The van der Waals surface area contributed by atoms with E-state index in [9.17, 15) is 4.79 Å². The van der Waals surface area contributed by atoms with Gasteiger partial charge in [0, 0.05) is 37.6 Å². The second-order valence-electron chi connectivity index (χ2n) is 3.27. The Hall–Kier alpha value is -1.16. The summed E-state index contributed by atoms with van der Waals surface area (Å²) in [5.41, 5.74) is 1.78. The normalized spacial score (nSPS) is 9.80. The van der Waals surface area contributed by atoms with E-state index in [1.54, 1.807) is 7.05 Å². The molecule has 1 rings (SSSR count). The zero-order chi connectivity index (χ0) is 11.3. The Balaban J connectivity index is 2.76. The molecule has 0 aliphatic heterocycles. The Morgan fingerprint density at radius 2 is 2.00 bits per heavy atom. The first-order valence-corrected chi connectivity index (χ1v) is 5.46. The largest absolute Gasteiger partial charge is 0.374 e. The molecule has 82 valence electrons. The first kappa shape index (κ1) is 11.9. The van der Waals surface area contributed by atoms with Crippen LogP contribution in [0, 0.1) is 0 Å². The molecule has 3 nitrogen and oxygen atoms in total. The molecule has 0 atom stereocenters. The Labute approximate surface area is 95.9 Å². The highest BCUT2D eigenvalue weighted by Crippen LogP contribution is 2.13. The van der Waals surface area contributed by atoms with Gasteiger partial charge in [0.1, 0.15) is 0 Å². The molecule has 15 heavy (non-hydrogen) atoms. The number of amides is 1. The molecule has 0 spiro atoms. The van der Waals surface area contributed by atoms with Crippen molar-refractivity contribution < 1.29 is 4.79 Å². The van der Waals surface area contributed by atoms with E-state index in [4.69, 9.17) is 0 Å². The first-order valence-electron chi connectivity index (χ1n) is 4.83. The minimum Gasteiger partial charge on any atom is -0.374 e. The zero-order valence-electron chi connectivity index (χ0n) is 9.03. The number of benzene rings is 1. The molecule has 0 aromatic heterocycles. The van der Waals surface area contributed by atoms with Crippen LogP contribution < -0.4 is 10.2 Å². The van der Waals surface area contributed by atoms with Crippen LogP contribution in [0.3, 0.4) is 0 Å². The summed E-state index contributed by atoms with van der Waals surface area (Å²) in [7, 11) is 3.63. The minimum absolute atomic E-state index is 0.0570. The van der Waals surface area contributed by atoms with Crippen LogP contribution in [0.5, 0.6) is 0 Å². The van der Waals surface area contributed by atoms with E-state index in [1.165, 1.54) is 0 Å². The molecule has 0 aliphatic rings. The van der Waals surface area contributed by atoms with Gasteiger partial charge in [-0.05, 0) is 24.3 Å². The molecule has 1 amide bonds. The highest BCUT2D eigenvalue weighted by atomic mass is 32.1.